The van der Waals surface area contributed by atoms with Crippen molar-refractivity contribution in [3.63, 3.8) is 0 Å². The summed E-state index contributed by atoms with van der Waals surface area (Å²) in [4.78, 5) is 2.57. The molecule has 0 bridgehead atoms. The molecule has 3 nitrogen and oxygen atoms in total. The van der Waals surface area contributed by atoms with Gasteiger partial charge in [0.15, 0.2) is 0 Å². The third kappa shape index (κ3) is 3.64. The van der Waals surface area contributed by atoms with Gasteiger partial charge >= 0.3 is 0 Å². The Hall–Kier alpha value is -5.54. The number of nitrogens with zero attached hydrogens (tertiary/aromatic N) is 2. The fourth-order valence-electron chi connectivity index (χ4n) is 7.89. The molecule has 3 heterocycles. The van der Waals surface area contributed by atoms with Gasteiger partial charge in [-0.05, 0) is 65.6 Å². The highest BCUT2D eigenvalue weighted by molar-refractivity contribution is 6.01. The summed E-state index contributed by atoms with van der Waals surface area (Å²) in [6, 6.07) is 42.1. The standard InChI is InChI=1S/C42H30N2O/c1-2-11-29-25-39-36(24-28(29)10-1)33-13-4-7-18-38(33)44-37-17-6-3-12-30(37)26-41(44)43(39)31-22-20-27(21-23-31)32-15-9-16-35-34-14-5-8-19-40(34)45-42(32)35/h1-15,17-22,24-26,31,35H,16,23H2. The lowest BCUT2D eigenvalue weighted by molar-refractivity contribution is 0.420. The maximum atomic E-state index is 6.48. The number of fused-ring (bicyclic) bond motifs is 11. The molecule has 2 atom stereocenters. The molecule has 4 aliphatic rings. The SMILES string of the molecule is C1=CC(C2=CCC(N3c4cc5ccccc5cc4-c4ccccc4-n4c3cc3ccccc34)C=C2)=C2Oc3ccccc3C2C1. The average molecular weight is 579 g/mol. The molecule has 2 aliphatic carbocycles. The molecule has 0 spiro atoms. The molecule has 3 heteroatoms. The monoisotopic (exact) mass is 578 g/mol. The van der Waals surface area contributed by atoms with E-state index in [9.17, 15) is 0 Å². The van der Waals surface area contributed by atoms with E-state index in [1.807, 2.05) is 0 Å². The van der Waals surface area contributed by atoms with Crippen LogP contribution in [0.2, 0.25) is 0 Å². The summed E-state index contributed by atoms with van der Waals surface area (Å²) in [7, 11) is 0. The van der Waals surface area contributed by atoms with E-state index in [4.69, 9.17) is 4.74 Å². The first-order chi connectivity index (χ1) is 22.3. The Balaban J connectivity index is 1.14. The topological polar surface area (TPSA) is 17.4 Å². The van der Waals surface area contributed by atoms with Crippen molar-refractivity contribution in [2.75, 3.05) is 4.90 Å². The number of anilines is 2. The highest BCUT2D eigenvalue weighted by atomic mass is 16.5. The van der Waals surface area contributed by atoms with Crippen molar-refractivity contribution in [1.29, 1.82) is 0 Å². The predicted octanol–water partition coefficient (Wildman–Crippen LogP) is 10.5. The number of ether oxygens (including phenoxy) is 1. The van der Waals surface area contributed by atoms with Crippen molar-refractivity contribution in [2.45, 2.75) is 24.8 Å². The van der Waals surface area contributed by atoms with Crippen molar-refractivity contribution in [3.8, 4) is 22.6 Å². The van der Waals surface area contributed by atoms with Crippen LogP contribution in [0.5, 0.6) is 5.75 Å². The fraction of sp³-hybridized carbons (Fsp3) is 0.0952. The highest BCUT2D eigenvalue weighted by Crippen LogP contribution is 2.50. The second-order valence-electron chi connectivity index (χ2n) is 12.4. The molecule has 5 aromatic carbocycles. The number of para-hydroxylation sites is 3. The second kappa shape index (κ2) is 9.48. The molecule has 10 rings (SSSR count). The first kappa shape index (κ1) is 24.9. The van der Waals surface area contributed by atoms with Crippen LogP contribution in [-0.2, 0) is 0 Å². The largest absolute Gasteiger partial charge is 0.460 e. The van der Waals surface area contributed by atoms with Crippen LogP contribution in [0.4, 0.5) is 11.5 Å². The van der Waals surface area contributed by atoms with Gasteiger partial charge in [-0.2, -0.15) is 0 Å². The lowest BCUT2D eigenvalue weighted by Gasteiger charge is -2.34. The summed E-state index contributed by atoms with van der Waals surface area (Å²) < 4.78 is 8.94. The van der Waals surface area contributed by atoms with E-state index in [2.05, 4.69) is 155 Å². The minimum atomic E-state index is 0.140. The van der Waals surface area contributed by atoms with Gasteiger partial charge in [-0.1, -0.05) is 109 Å². The van der Waals surface area contributed by atoms with Crippen molar-refractivity contribution in [1.82, 2.24) is 4.57 Å². The third-order valence-electron chi connectivity index (χ3n) is 9.97. The number of aromatic nitrogens is 1. The van der Waals surface area contributed by atoms with Crippen LogP contribution in [0, 0.1) is 0 Å². The molecule has 2 aliphatic heterocycles. The molecule has 0 saturated carbocycles. The van der Waals surface area contributed by atoms with Crippen LogP contribution in [0.25, 0.3) is 38.5 Å². The lowest BCUT2D eigenvalue weighted by atomic mass is 9.85. The maximum absolute atomic E-state index is 6.48. The predicted molar refractivity (Wildman–Crippen MR) is 185 cm³/mol. The van der Waals surface area contributed by atoms with Gasteiger partial charge < -0.3 is 9.64 Å². The molecular weight excluding hydrogens is 548 g/mol. The summed E-state index contributed by atoms with van der Waals surface area (Å²) in [5, 5.41) is 3.76. The third-order valence-corrected chi connectivity index (χ3v) is 9.97. The lowest BCUT2D eigenvalue weighted by Crippen LogP contribution is -2.31. The minimum Gasteiger partial charge on any atom is -0.460 e. The molecule has 214 valence electrons. The van der Waals surface area contributed by atoms with Gasteiger partial charge in [0.2, 0.25) is 0 Å². The van der Waals surface area contributed by atoms with Crippen LogP contribution < -0.4 is 9.64 Å². The zero-order valence-corrected chi connectivity index (χ0v) is 24.7. The first-order valence-corrected chi connectivity index (χ1v) is 15.9. The normalized spacial score (nSPS) is 19.4. The number of hydrogen-bond acceptors (Lipinski definition) is 2. The zero-order valence-electron chi connectivity index (χ0n) is 24.7. The molecule has 0 saturated heterocycles. The molecule has 1 aromatic heterocycles. The quantitative estimate of drug-likeness (QED) is 0.203. The Morgan fingerprint density at radius 1 is 0.644 bits per heavy atom. The molecule has 6 aromatic rings. The first-order valence-electron chi connectivity index (χ1n) is 15.9. The molecule has 45 heavy (non-hydrogen) atoms. The van der Waals surface area contributed by atoms with E-state index < -0.39 is 0 Å². The maximum Gasteiger partial charge on any atom is 0.130 e. The summed E-state index contributed by atoms with van der Waals surface area (Å²) in [5.41, 5.74) is 9.95. The van der Waals surface area contributed by atoms with Crippen LogP contribution in [0.15, 0.2) is 163 Å². The molecule has 0 radical (unpaired) electrons. The second-order valence-corrected chi connectivity index (χ2v) is 12.4. The van der Waals surface area contributed by atoms with E-state index in [1.165, 1.54) is 66.7 Å². The summed E-state index contributed by atoms with van der Waals surface area (Å²) >= 11 is 0. The number of rotatable bonds is 2. The highest BCUT2D eigenvalue weighted by Gasteiger charge is 2.35. The Kier molecular flexibility index (Phi) is 5.23. The van der Waals surface area contributed by atoms with Crippen LogP contribution >= 0.6 is 0 Å². The van der Waals surface area contributed by atoms with E-state index in [0.29, 0.717) is 5.92 Å². The minimum absolute atomic E-state index is 0.140. The van der Waals surface area contributed by atoms with Crippen LogP contribution in [0.3, 0.4) is 0 Å². The Bertz CT molecular complexity index is 2330. The van der Waals surface area contributed by atoms with E-state index >= 15 is 0 Å². The fourth-order valence-corrected chi connectivity index (χ4v) is 7.89. The van der Waals surface area contributed by atoms with E-state index in [-0.39, 0.29) is 6.04 Å². The van der Waals surface area contributed by atoms with Crippen molar-refractivity contribution in [2.24, 2.45) is 0 Å². The molecule has 2 unspecified atom stereocenters. The van der Waals surface area contributed by atoms with E-state index in [0.717, 1.165) is 24.4 Å². The van der Waals surface area contributed by atoms with Crippen molar-refractivity contribution >= 4 is 33.2 Å². The van der Waals surface area contributed by atoms with Gasteiger partial charge in [-0.3, -0.25) is 4.57 Å². The van der Waals surface area contributed by atoms with Gasteiger partial charge in [0, 0.05) is 33.6 Å². The van der Waals surface area contributed by atoms with Gasteiger partial charge in [-0.25, -0.2) is 0 Å². The average Bonchev–Trinajstić information content (AvgIpc) is 3.64. The number of benzene rings is 5. The Morgan fingerprint density at radius 3 is 2.31 bits per heavy atom. The smallest absolute Gasteiger partial charge is 0.130 e. The van der Waals surface area contributed by atoms with E-state index in [1.54, 1.807) is 0 Å². The van der Waals surface area contributed by atoms with Gasteiger partial charge in [0.05, 0.1) is 22.9 Å². The van der Waals surface area contributed by atoms with Gasteiger partial charge in [0.1, 0.15) is 17.3 Å². The van der Waals surface area contributed by atoms with Crippen LogP contribution in [0.1, 0.15) is 24.3 Å². The van der Waals surface area contributed by atoms with Crippen molar-refractivity contribution < 1.29 is 4.74 Å². The molecule has 0 N–H and O–H groups in total. The summed E-state index contributed by atoms with van der Waals surface area (Å²) in [6.45, 7) is 0. The molecule has 0 fully saturated rings. The Morgan fingerprint density at radius 2 is 1.42 bits per heavy atom. The summed E-state index contributed by atoms with van der Waals surface area (Å²) in [6.07, 6.45) is 13.6. The molecule has 0 amide bonds. The summed E-state index contributed by atoms with van der Waals surface area (Å²) in [5.74, 6) is 3.58. The Labute approximate surface area is 262 Å². The van der Waals surface area contributed by atoms with Gasteiger partial charge in [0.25, 0.3) is 0 Å². The number of allylic oxidation sites excluding steroid dienone is 6. The van der Waals surface area contributed by atoms with Crippen molar-refractivity contribution in [3.05, 3.63) is 168 Å². The molecular formula is C42H30N2O. The number of hydrogen-bond donors (Lipinski definition) is 0. The van der Waals surface area contributed by atoms with Crippen LogP contribution in [-0.4, -0.2) is 10.6 Å². The van der Waals surface area contributed by atoms with Gasteiger partial charge in [-0.15, -0.1) is 0 Å². The zero-order chi connectivity index (χ0) is 29.5.